The van der Waals surface area contributed by atoms with Gasteiger partial charge in [0, 0.05) is 12.6 Å². The Labute approximate surface area is 112 Å². The lowest BCUT2D eigenvalue weighted by molar-refractivity contribution is -0.384. The monoisotopic (exact) mass is 267 g/mol. The molecular weight excluding hydrogens is 246 g/mol. The Morgan fingerprint density at radius 2 is 2.11 bits per heavy atom. The maximum atomic E-state index is 10.9. The van der Waals surface area contributed by atoms with E-state index in [-0.39, 0.29) is 16.9 Å². The standard InChI is InChI=1S/C12H21N5O2/c1-8(12(2,3)4)7-14-11-9(17(18)19)5-6-10(15-11)16-13/h5-6,8H,7,13H2,1-4H3,(H2,14,15,16). The molecule has 1 atom stereocenters. The van der Waals surface area contributed by atoms with Crippen molar-refractivity contribution in [1.82, 2.24) is 4.98 Å². The van der Waals surface area contributed by atoms with Gasteiger partial charge in [0.1, 0.15) is 5.82 Å². The van der Waals surface area contributed by atoms with Crippen molar-refractivity contribution in [3.8, 4) is 0 Å². The van der Waals surface area contributed by atoms with Gasteiger partial charge in [0.25, 0.3) is 0 Å². The number of rotatable bonds is 5. The summed E-state index contributed by atoms with van der Waals surface area (Å²) in [6, 6.07) is 2.85. The first-order valence-electron chi connectivity index (χ1n) is 6.11. The van der Waals surface area contributed by atoms with Gasteiger partial charge in [-0.3, -0.25) is 10.1 Å². The Bertz CT molecular complexity index is 456. The minimum absolute atomic E-state index is 0.0555. The van der Waals surface area contributed by atoms with Gasteiger partial charge in [-0.2, -0.15) is 0 Å². The Morgan fingerprint density at radius 3 is 2.58 bits per heavy atom. The summed E-state index contributed by atoms with van der Waals surface area (Å²) in [6.07, 6.45) is 0. The molecule has 19 heavy (non-hydrogen) atoms. The van der Waals surface area contributed by atoms with Crippen LogP contribution in [0.2, 0.25) is 0 Å². The number of hydrogen-bond donors (Lipinski definition) is 3. The molecule has 1 heterocycles. The van der Waals surface area contributed by atoms with Gasteiger partial charge in [-0.05, 0) is 17.4 Å². The molecule has 1 unspecified atom stereocenters. The molecule has 0 fully saturated rings. The first kappa shape index (κ1) is 15.2. The van der Waals surface area contributed by atoms with Gasteiger partial charge < -0.3 is 10.7 Å². The first-order valence-corrected chi connectivity index (χ1v) is 6.11. The van der Waals surface area contributed by atoms with Gasteiger partial charge in [0.05, 0.1) is 4.92 Å². The van der Waals surface area contributed by atoms with Crippen LogP contribution in [0, 0.1) is 21.4 Å². The normalized spacial score (nSPS) is 12.9. The van der Waals surface area contributed by atoms with Crippen LogP contribution in [0.4, 0.5) is 17.3 Å². The zero-order chi connectivity index (χ0) is 14.6. The maximum absolute atomic E-state index is 10.9. The van der Waals surface area contributed by atoms with Gasteiger partial charge in [-0.25, -0.2) is 10.8 Å². The van der Waals surface area contributed by atoms with Crippen LogP contribution in [0.25, 0.3) is 0 Å². The van der Waals surface area contributed by atoms with Gasteiger partial charge in [-0.1, -0.05) is 27.7 Å². The van der Waals surface area contributed by atoms with Crippen LogP contribution in [0.15, 0.2) is 12.1 Å². The molecule has 0 saturated heterocycles. The smallest absolute Gasteiger partial charge is 0.311 e. The highest BCUT2D eigenvalue weighted by molar-refractivity contribution is 5.59. The number of pyridine rings is 1. The van der Waals surface area contributed by atoms with E-state index in [4.69, 9.17) is 5.84 Å². The lowest BCUT2D eigenvalue weighted by Crippen LogP contribution is -2.25. The van der Waals surface area contributed by atoms with Crippen LogP contribution in [-0.2, 0) is 0 Å². The third-order valence-electron chi connectivity index (χ3n) is 3.27. The Hall–Kier alpha value is -1.89. The fourth-order valence-corrected chi connectivity index (χ4v) is 1.37. The second-order valence-corrected chi connectivity index (χ2v) is 5.61. The third kappa shape index (κ3) is 4.06. The molecule has 0 bridgehead atoms. The summed E-state index contributed by atoms with van der Waals surface area (Å²) in [5.41, 5.74) is 2.44. The van der Waals surface area contributed by atoms with Crippen molar-refractivity contribution in [2.45, 2.75) is 27.7 Å². The number of nitrogens with two attached hydrogens (primary N) is 1. The van der Waals surface area contributed by atoms with Crippen molar-refractivity contribution < 1.29 is 4.92 Å². The summed E-state index contributed by atoms with van der Waals surface area (Å²) in [5.74, 6) is 6.22. The molecule has 1 rings (SSSR count). The molecule has 0 radical (unpaired) electrons. The van der Waals surface area contributed by atoms with Crippen LogP contribution in [0.1, 0.15) is 27.7 Å². The van der Waals surface area contributed by atoms with E-state index < -0.39 is 4.92 Å². The van der Waals surface area contributed by atoms with Crippen molar-refractivity contribution in [3.63, 3.8) is 0 Å². The van der Waals surface area contributed by atoms with Crippen LogP contribution in [-0.4, -0.2) is 16.5 Å². The van der Waals surface area contributed by atoms with E-state index in [9.17, 15) is 10.1 Å². The van der Waals surface area contributed by atoms with E-state index in [1.54, 1.807) is 0 Å². The SMILES string of the molecule is CC(CNc1nc(NN)ccc1[N+](=O)[O-])C(C)(C)C. The summed E-state index contributed by atoms with van der Waals surface area (Å²) < 4.78 is 0. The van der Waals surface area contributed by atoms with E-state index in [2.05, 4.69) is 43.4 Å². The highest BCUT2D eigenvalue weighted by Gasteiger charge is 2.22. The number of nitrogens with one attached hydrogen (secondary N) is 2. The largest absolute Gasteiger partial charge is 0.364 e. The minimum atomic E-state index is -0.461. The van der Waals surface area contributed by atoms with Gasteiger partial charge >= 0.3 is 5.69 Å². The molecule has 1 aromatic rings. The number of nitrogens with zero attached hydrogens (tertiary/aromatic N) is 2. The third-order valence-corrected chi connectivity index (χ3v) is 3.27. The number of aromatic nitrogens is 1. The lowest BCUT2D eigenvalue weighted by atomic mass is 9.82. The fourth-order valence-electron chi connectivity index (χ4n) is 1.37. The summed E-state index contributed by atoms with van der Waals surface area (Å²) in [5, 5.41) is 14.0. The topological polar surface area (TPSA) is 106 Å². The summed E-state index contributed by atoms with van der Waals surface area (Å²) in [7, 11) is 0. The predicted molar refractivity (Wildman–Crippen MR) is 75.8 cm³/mol. The molecule has 0 spiro atoms. The van der Waals surface area contributed by atoms with E-state index in [0.29, 0.717) is 18.3 Å². The maximum Gasteiger partial charge on any atom is 0.311 e. The molecule has 4 N–H and O–H groups in total. The van der Waals surface area contributed by atoms with Crippen LogP contribution in [0.5, 0.6) is 0 Å². The average Bonchev–Trinajstić information content (AvgIpc) is 2.33. The quantitative estimate of drug-likeness (QED) is 0.429. The predicted octanol–water partition coefficient (Wildman–Crippen LogP) is 2.37. The highest BCUT2D eigenvalue weighted by Crippen LogP contribution is 2.28. The zero-order valence-corrected chi connectivity index (χ0v) is 11.7. The summed E-state index contributed by atoms with van der Waals surface area (Å²) in [4.78, 5) is 14.6. The number of hydrazine groups is 1. The Kier molecular flexibility index (Phi) is 4.66. The Balaban J connectivity index is 2.89. The second kappa shape index (κ2) is 5.83. The molecule has 0 amide bonds. The van der Waals surface area contributed by atoms with Crippen LogP contribution in [0.3, 0.4) is 0 Å². The minimum Gasteiger partial charge on any atom is -0.364 e. The number of nitrogen functional groups attached to an aromatic ring is 1. The molecule has 0 aliphatic carbocycles. The van der Waals surface area contributed by atoms with E-state index in [0.717, 1.165) is 0 Å². The summed E-state index contributed by atoms with van der Waals surface area (Å²) >= 11 is 0. The van der Waals surface area contributed by atoms with Crippen molar-refractivity contribution in [1.29, 1.82) is 0 Å². The zero-order valence-electron chi connectivity index (χ0n) is 11.7. The molecule has 0 aliphatic rings. The van der Waals surface area contributed by atoms with E-state index >= 15 is 0 Å². The lowest BCUT2D eigenvalue weighted by Gasteiger charge is -2.27. The summed E-state index contributed by atoms with van der Waals surface area (Å²) in [6.45, 7) is 9.06. The Morgan fingerprint density at radius 1 is 1.47 bits per heavy atom. The first-order chi connectivity index (χ1) is 8.75. The van der Waals surface area contributed by atoms with E-state index in [1.807, 2.05) is 0 Å². The van der Waals surface area contributed by atoms with Crippen LogP contribution < -0.4 is 16.6 Å². The fraction of sp³-hybridized carbons (Fsp3) is 0.583. The van der Waals surface area contributed by atoms with Crippen LogP contribution >= 0.6 is 0 Å². The molecule has 7 nitrogen and oxygen atoms in total. The molecule has 7 heteroatoms. The van der Waals surface area contributed by atoms with Crippen molar-refractivity contribution in [2.75, 3.05) is 17.3 Å². The van der Waals surface area contributed by atoms with E-state index in [1.165, 1.54) is 12.1 Å². The molecule has 0 saturated carbocycles. The molecule has 0 aliphatic heterocycles. The second-order valence-electron chi connectivity index (χ2n) is 5.61. The molecular formula is C12H21N5O2. The van der Waals surface area contributed by atoms with Crippen molar-refractivity contribution in [2.24, 2.45) is 17.2 Å². The number of nitro groups is 1. The molecule has 0 aromatic carbocycles. The average molecular weight is 267 g/mol. The van der Waals surface area contributed by atoms with Gasteiger partial charge in [0.15, 0.2) is 0 Å². The van der Waals surface area contributed by atoms with Crippen molar-refractivity contribution in [3.05, 3.63) is 22.2 Å². The van der Waals surface area contributed by atoms with Gasteiger partial charge in [0.2, 0.25) is 5.82 Å². The van der Waals surface area contributed by atoms with Gasteiger partial charge in [-0.15, -0.1) is 0 Å². The van der Waals surface area contributed by atoms with Crippen molar-refractivity contribution >= 4 is 17.3 Å². The number of hydrogen-bond acceptors (Lipinski definition) is 6. The molecule has 106 valence electrons. The number of anilines is 2. The molecule has 1 aromatic heterocycles. The highest BCUT2D eigenvalue weighted by atomic mass is 16.6.